The van der Waals surface area contributed by atoms with Crippen LogP contribution in [0.5, 0.6) is 0 Å². The van der Waals surface area contributed by atoms with Crippen LogP contribution in [-0.2, 0) is 12.6 Å². The Morgan fingerprint density at radius 1 is 1.47 bits per heavy atom. The van der Waals surface area contributed by atoms with Crippen molar-refractivity contribution in [3.05, 3.63) is 34.5 Å². The van der Waals surface area contributed by atoms with Gasteiger partial charge in [0.05, 0.1) is 5.54 Å². The Hall–Kier alpha value is -1.66. The quantitative estimate of drug-likeness (QED) is 0.894. The fourth-order valence-corrected chi connectivity index (χ4v) is 2.08. The third-order valence-electron chi connectivity index (χ3n) is 3.47. The molecule has 1 aliphatic carbocycles. The van der Waals surface area contributed by atoms with Gasteiger partial charge in [-0.3, -0.25) is 4.79 Å². The van der Waals surface area contributed by atoms with E-state index in [2.05, 4.69) is 10.1 Å². The molecule has 1 saturated carbocycles. The summed E-state index contributed by atoms with van der Waals surface area (Å²) in [5, 5.41) is 3.90. The van der Waals surface area contributed by atoms with Crippen molar-refractivity contribution in [2.45, 2.75) is 24.8 Å². The van der Waals surface area contributed by atoms with Crippen molar-refractivity contribution >= 4 is 12.4 Å². The number of pyridine rings is 1. The fraction of sp³-hybridized carbons (Fsp3) is 0.417. The van der Waals surface area contributed by atoms with Gasteiger partial charge in [0.15, 0.2) is 5.82 Å². The minimum absolute atomic E-state index is 0. The van der Waals surface area contributed by atoms with Crippen molar-refractivity contribution in [3.8, 4) is 11.5 Å². The lowest BCUT2D eigenvalue weighted by Crippen LogP contribution is -2.44. The predicted molar refractivity (Wildman–Crippen MR) is 71.9 cm³/mol. The Labute approximate surface area is 116 Å². The first-order valence-corrected chi connectivity index (χ1v) is 5.89. The summed E-state index contributed by atoms with van der Waals surface area (Å²) >= 11 is 0. The Balaban J connectivity index is 0.00000133. The molecule has 1 aliphatic rings. The van der Waals surface area contributed by atoms with E-state index < -0.39 is 5.54 Å². The van der Waals surface area contributed by atoms with Gasteiger partial charge in [-0.05, 0) is 31.4 Å². The van der Waals surface area contributed by atoms with E-state index in [1.54, 1.807) is 25.4 Å². The van der Waals surface area contributed by atoms with Crippen LogP contribution in [0.2, 0.25) is 0 Å². The molecule has 0 spiro atoms. The zero-order valence-corrected chi connectivity index (χ0v) is 11.3. The van der Waals surface area contributed by atoms with Crippen molar-refractivity contribution in [1.29, 1.82) is 0 Å². The highest BCUT2D eigenvalue weighted by atomic mass is 35.5. The van der Waals surface area contributed by atoms with Crippen LogP contribution in [0, 0.1) is 0 Å². The lowest BCUT2D eigenvalue weighted by Gasteiger charge is -2.34. The maximum Gasteiger partial charge on any atom is 0.263 e. The molecule has 0 aromatic carbocycles. The Kier molecular flexibility index (Phi) is 3.47. The first-order valence-electron chi connectivity index (χ1n) is 5.89. The molecule has 0 bridgehead atoms. The van der Waals surface area contributed by atoms with E-state index in [9.17, 15) is 4.79 Å². The first kappa shape index (κ1) is 13.8. The van der Waals surface area contributed by atoms with Crippen LogP contribution in [0.25, 0.3) is 11.5 Å². The van der Waals surface area contributed by atoms with Crippen LogP contribution in [0.15, 0.2) is 27.6 Å². The SMILES string of the molecule is Cl.Cn1cccc(-c2nc(C3(N)CCC3)no2)c1=O. The predicted octanol–water partition coefficient (Wildman–Crippen LogP) is 1.20. The molecule has 2 heterocycles. The molecule has 7 heteroatoms. The summed E-state index contributed by atoms with van der Waals surface area (Å²) in [7, 11) is 1.68. The molecule has 6 nitrogen and oxygen atoms in total. The second-order valence-corrected chi connectivity index (χ2v) is 4.77. The van der Waals surface area contributed by atoms with Crippen LogP contribution >= 0.6 is 12.4 Å². The summed E-state index contributed by atoms with van der Waals surface area (Å²) in [6.45, 7) is 0. The molecular formula is C12H15ClN4O2. The van der Waals surface area contributed by atoms with Crippen molar-refractivity contribution in [2.24, 2.45) is 12.8 Å². The Morgan fingerprint density at radius 3 is 2.84 bits per heavy atom. The molecular weight excluding hydrogens is 268 g/mol. The topological polar surface area (TPSA) is 86.9 Å². The lowest BCUT2D eigenvalue weighted by atomic mass is 9.77. The van der Waals surface area contributed by atoms with Crippen LogP contribution in [0.4, 0.5) is 0 Å². The van der Waals surface area contributed by atoms with E-state index in [0.717, 1.165) is 19.3 Å². The van der Waals surface area contributed by atoms with E-state index >= 15 is 0 Å². The number of rotatable bonds is 2. The molecule has 1 fully saturated rings. The normalized spacial score (nSPS) is 16.5. The molecule has 3 rings (SSSR count). The molecule has 19 heavy (non-hydrogen) atoms. The second kappa shape index (κ2) is 4.79. The summed E-state index contributed by atoms with van der Waals surface area (Å²) in [6.07, 6.45) is 4.48. The van der Waals surface area contributed by atoms with Gasteiger partial charge < -0.3 is 14.8 Å². The van der Waals surface area contributed by atoms with Gasteiger partial charge in [0, 0.05) is 13.2 Å². The summed E-state index contributed by atoms with van der Waals surface area (Å²) in [5.74, 6) is 0.734. The van der Waals surface area contributed by atoms with Crippen molar-refractivity contribution in [3.63, 3.8) is 0 Å². The van der Waals surface area contributed by atoms with Gasteiger partial charge in [-0.15, -0.1) is 12.4 Å². The fourth-order valence-electron chi connectivity index (χ4n) is 2.08. The number of hydrogen-bond acceptors (Lipinski definition) is 5. The van der Waals surface area contributed by atoms with Gasteiger partial charge in [-0.1, -0.05) is 5.16 Å². The van der Waals surface area contributed by atoms with E-state index in [1.807, 2.05) is 0 Å². The van der Waals surface area contributed by atoms with Crippen LogP contribution in [-0.4, -0.2) is 14.7 Å². The maximum absolute atomic E-state index is 11.9. The average Bonchev–Trinajstić information content (AvgIpc) is 2.79. The molecule has 0 aliphatic heterocycles. The summed E-state index contributed by atoms with van der Waals surface area (Å²) in [6, 6.07) is 3.44. The van der Waals surface area contributed by atoms with Gasteiger partial charge in [-0.2, -0.15) is 4.98 Å². The average molecular weight is 283 g/mol. The first-order chi connectivity index (χ1) is 8.60. The zero-order chi connectivity index (χ0) is 12.8. The number of aryl methyl sites for hydroxylation is 1. The number of aromatic nitrogens is 3. The molecule has 0 saturated heterocycles. The van der Waals surface area contributed by atoms with Gasteiger partial charge in [0.1, 0.15) is 5.56 Å². The number of halogens is 1. The standard InChI is InChI=1S/C12H14N4O2.ClH/c1-16-7-2-4-8(10(16)17)9-14-11(15-18-9)12(13)5-3-6-12;/h2,4,7H,3,5-6,13H2,1H3;1H. The Bertz CT molecular complexity index is 645. The maximum atomic E-state index is 11.9. The molecule has 0 amide bonds. The van der Waals surface area contributed by atoms with Crippen LogP contribution < -0.4 is 11.3 Å². The molecule has 2 aromatic rings. The molecule has 0 atom stereocenters. The van der Waals surface area contributed by atoms with Gasteiger partial charge >= 0.3 is 0 Å². The lowest BCUT2D eigenvalue weighted by molar-refractivity contribution is 0.229. The molecule has 0 radical (unpaired) electrons. The molecule has 102 valence electrons. The van der Waals surface area contributed by atoms with E-state index in [-0.39, 0.29) is 23.9 Å². The van der Waals surface area contributed by atoms with Gasteiger partial charge in [-0.25, -0.2) is 0 Å². The largest absolute Gasteiger partial charge is 0.334 e. The van der Waals surface area contributed by atoms with E-state index in [4.69, 9.17) is 10.3 Å². The second-order valence-electron chi connectivity index (χ2n) is 4.77. The van der Waals surface area contributed by atoms with E-state index in [0.29, 0.717) is 11.4 Å². The summed E-state index contributed by atoms with van der Waals surface area (Å²) < 4.78 is 6.63. The van der Waals surface area contributed by atoms with Crippen molar-refractivity contribution in [1.82, 2.24) is 14.7 Å². The van der Waals surface area contributed by atoms with Crippen LogP contribution in [0.1, 0.15) is 25.1 Å². The van der Waals surface area contributed by atoms with E-state index in [1.165, 1.54) is 4.57 Å². The van der Waals surface area contributed by atoms with Gasteiger partial charge in [0.2, 0.25) is 0 Å². The molecule has 0 unspecified atom stereocenters. The van der Waals surface area contributed by atoms with Crippen molar-refractivity contribution < 1.29 is 4.52 Å². The smallest absolute Gasteiger partial charge is 0.263 e. The monoisotopic (exact) mass is 282 g/mol. The highest BCUT2D eigenvalue weighted by molar-refractivity contribution is 5.85. The third-order valence-corrected chi connectivity index (χ3v) is 3.47. The number of nitrogens with zero attached hydrogens (tertiary/aromatic N) is 3. The minimum atomic E-state index is -0.470. The molecule has 2 aromatic heterocycles. The molecule has 2 N–H and O–H groups in total. The third kappa shape index (κ3) is 2.17. The zero-order valence-electron chi connectivity index (χ0n) is 10.5. The Morgan fingerprint density at radius 2 is 2.21 bits per heavy atom. The number of nitrogens with two attached hydrogens (primary N) is 1. The highest BCUT2D eigenvalue weighted by Gasteiger charge is 2.39. The van der Waals surface area contributed by atoms with Gasteiger partial charge in [0.25, 0.3) is 11.4 Å². The summed E-state index contributed by atoms with van der Waals surface area (Å²) in [4.78, 5) is 16.2. The van der Waals surface area contributed by atoms with Crippen LogP contribution in [0.3, 0.4) is 0 Å². The highest BCUT2D eigenvalue weighted by Crippen LogP contribution is 2.37. The summed E-state index contributed by atoms with van der Waals surface area (Å²) in [5.41, 5.74) is 5.89. The van der Waals surface area contributed by atoms with Crippen molar-refractivity contribution in [2.75, 3.05) is 0 Å². The number of hydrogen-bond donors (Lipinski definition) is 1. The minimum Gasteiger partial charge on any atom is -0.334 e.